The average molecular weight is 263 g/mol. The number of nitrogens with one attached hydrogen (secondary N) is 1. The maximum atomic E-state index is 11.7. The SMILES string of the molecule is COc1cc(NC(=O)CN)ccc1N1CCCC1=O. The Bertz CT molecular complexity index is 502. The smallest absolute Gasteiger partial charge is 0.238 e. The minimum Gasteiger partial charge on any atom is -0.494 e. The zero-order valence-corrected chi connectivity index (χ0v) is 10.8. The summed E-state index contributed by atoms with van der Waals surface area (Å²) in [5.74, 6) is 0.383. The van der Waals surface area contributed by atoms with E-state index in [0.717, 1.165) is 12.1 Å². The lowest BCUT2D eigenvalue weighted by Crippen LogP contribution is -2.24. The first-order chi connectivity index (χ1) is 9.15. The van der Waals surface area contributed by atoms with Crippen molar-refractivity contribution in [3.63, 3.8) is 0 Å². The molecule has 1 aromatic rings. The number of hydrogen-bond acceptors (Lipinski definition) is 4. The van der Waals surface area contributed by atoms with Gasteiger partial charge in [-0.1, -0.05) is 0 Å². The molecule has 6 heteroatoms. The van der Waals surface area contributed by atoms with Gasteiger partial charge in [-0.15, -0.1) is 0 Å². The van der Waals surface area contributed by atoms with Gasteiger partial charge in [0.1, 0.15) is 5.75 Å². The zero-order chi connectivity index (χ0) is 13.8. The molecule has 0 aliphatic carbocycles. The molecule has 0 aromatic heterocycles. The van der Waals surface area contributed by atoms with Crippen molar-refractivity contribution in [2.75, 3.05) is 30.4 Å². The van der Waals surface area contributed by atoms with Crippen molar-refractivity contribution in [2.45, 2.75) is 12.8 Å². The summed E-state index contributed by atoms with van der Waals surface area (Å²) in [6.45, 7) is 0.623. The fourth-order valence-corrected chi connectivity index (χ4v) is 2.09. The summed E-state index contributed by atoms with van der Waals surface area (Å²) in [4.78, 5) is 24.7. The van der Waals surface area contributed by atoms with E-state index in [-0.39, 0.29) is 18.4 Å². The van der Waals surface area contributed by atoms with Crippen LogP contribution in [0.25, 0.3) is 0 Å². The van der Waals surface area contributed by atoms with E-state index in [9.17, 15) is 9.59 Å². The van der Waals surface area contributed by atoms with Crippen LogP contribution in [0.3, 0.4) is 0 Å². The Morgan fingerprint density at radius 2 is 2.32 bits per heavy atom. The molecule has 0 atom stereocenters. The Labute approximate surface area is 111 Å². The van der Waals surface area contributed by atoms with E-state index in [4.69, 9.17) is 10.5 Å². The van der Waals surface area contributed by atoms with Crippen LogP contribution in [0.15, 0.2) is 18.2 Å². The molecular formula is C13H17N3O3. The van der Waals surface area contributed by atoms with Crippen molar-refractivity contribution in [1.29, 1.82) is 0 Å². The number of benzene rings is 1. The van der Waals surface area contributed by atoms with E-state index in [1.165, 1.54) is 7.11 Å². The molecule has 3 N–H and O–H groups in total. The minimum atomic E-state index is -0.271. The van der Waals surface area contributed by atoms with Gasteiger partial charge in [-0.3, -0.25) is 9.59 Å². The van der Waals surface area contributed by atoms with Gasteiger partial charge in [0, 0.05) is 24.7 Å². The maximum Gasteiger partial charge on any atom is 0.238 e. The monoisotopic (exact) mass is 263 g/mol. The molecule has 0 bridgehead atoms. The third-order valence-corrected chi connectivity index (χ3v) is 3.01. The topological polar surface area (TPSA) is 84.7 Å². The molecule has 1 aromatic carbocycles. The molecule has 1 heterocycles. The van der Waals surface area contributed by atoms with E-state index in [1.54, 1.807) is 23.1 Å². The average Bonchev–Trinajstić information content (AvgIpc) is 2.84. The molecule has 102 valence electrons. The van der Waals surface area contributed by atoms with E-state index >= 15 is 0 Å². The Balaban J connectivity index is 2.26. The molecule has 2 amide bonds. The van der Waals surface area contributed by atoms with Crippen LogP contribution in [0.5, 0.6) is 5.75 Å². The summed E-state index contributed by atoms with van der Waals surface area (Å²) in [5.41, 5.74) is 6.57. The molecule has 1 fully saturated rings. The number of rotatable bonds is 4. The quantitative estimate of drug-likeness (QED) is 0.838. The van der Waals surface area contributed by atoms with Crippen molar-refractivity contribution in [3.05, 3.63) is 18.2 Å². The van der Waals surface area contributed by atoms with Crippen LogP contribution in [0.2, 0.25) is 0 Å². The summed E-state index contributed by atoms with van der Waals surface area (Å²) in [7, 11) is 1.54. The highest BCUT2D eigenvalue weighted by Gasteiger charge is 2.24. The first-order valence-electron chi connectivity index (χ1n) is 6.14. The molecule has 0 saturated carbocycles. The number of amides is 2. The van der Waals surface area contributed by atoms with Gasteiger partial charge in [-0.25, -0.2) is 0 Å². The summed E-state index contributed by atoms with van der Waals surface area (Å²) >= 11 is 0. The second kappa shape index (κ2) is 5.71. The largest absolute Gasteiger partial charge is 0.494 e. The second-order valence-corrected chi connectivity index (χ2v) is 4.29. The van der Waals surface area contributed by atoms with Crippen molar-refractivity contribution >= 4 is 23.2 Å². The van der Waals surface area contributed by atoms with Crippen LogP contribution in [-0.4, -0.2) is 32.0 Å². The van der Waals surface area contributed by atoms with Gasteiger partial charge in [0.05, 0.1) is 19.3 Å². The van der Waals surface area contributed by atoms with Crippen LogP contribution in [0.4, 0.5) is 11.4 Å². The number of methoxy groups -OCH3 is 1. The number of carbonyl (C=O) groups is 2. The van der Waals surface area contributed by atoms with Crippen molar-refractivity contribution < 1.29 is 14.3 Å². The number of ether oxygens (including phenoxy) is 1. The van der Waals surface area contributed by atoms with Crippen LogP contribution < -0.4 is 20.7 Å². The minimum absolute atomic E-state index is 0.0747. The molecule has 0 radical (unpaired) electrons. The molecule has 2 rings (SSSR count). The van der Waals surface area contributed by atoms with Crippen LogP contribution in [0, 0.1) is 0 Å². The molecule has 1 aliphatic rings. The second-order valence-electron chi connectivity index (χ2n) is 4.29. The van der Waals surface area contributed by atoms with E-state index < -0.39 is 0 Å². The first-order valence-corrected chi connectivity index (χ1v) is 6.14. The Kier molecular flexibility index (Phi) is 4.01. The third kappa shape index (κ3) is 2.85. The van der Waals surface area contributed by atoms with E-state index in [1.807, 2.05) is 0 Å². The summed E-state index contributed by atoms with van der Waals surface area (Å²) in [6, 6.07) is 5.19. The number of nitrogens with zero attached hydrogens (tertiary/aromatic N) is 1. The predicted molar refractivity (Wildman–Crippen MR) is 72.3 cm³/mol. The predicted octanol–water partition coefficient (Wildman–Crippen LogP) is 0.719. The number of carbonyl (C=O) groups excluding carboxylic acids is 2. The van der Waals surface area contributed by atoms with Crippen molar-refractivity contribution in [1.82, 2.24) is 0 Å². The van der Waals surface area contributed by atoms with Gasteiger partial charge in [0.15, 0.2) is 0 Å². The van der Waals surface area contributed by atoms with Crippen LogP contribution in [-0.2, 0) is 9.59 Å². The Morgan fingerprint density at radius 3 is 2.89 bits per heavy atom. The van der Waals surface area contributed by atoms with Gasteiger partial charge >= 0.3 is 0 Å². The number of nitrogens with two attached hydrogens (primary N) is 1. The fourth-order valence-electron chi connectivity index (χ4n) is 2.09. The van der Waals surface area contributed by atoms with Gasteiger partial charge in [-0.2, -0.15) is 0 Å². The van der Waals surface area contributed by atoms with E-state index in [2.05, 4.69) is 5.32 Å². The number of hydrogen-bond donors (Lipinski definition) is 2. The molecular weight excluding hydrogens is 246 g/mol. The Hall–Kier alpha value is -2.08. The lowest BCUT2D eigenvalue weighted by Gasteiger charge is -2.19. The van der Waals surface area contributed by atoms with Crippen molar-refractivity contribution in [2.24, 2.45) is 5.73 Å². The Morgan fingerprint density at radius 1 is 1.53 bits per heavy atom. The van der Waals surface area contributed by atoms with Gasteiger partial charge < -0.3 is 20.7 Å². The highest BCUT2D eigenvalue weighted by Crippen LogP contribution is 2.33. The molecule has 1 saturated heterocycles. The summed E-state index contributed by atoms with van der Waals surface area (Å²) in [5, 5.41) is 2.65. The summed E-state index contributed by atoms with van der Waals surface area (Å²) in [6.07, 6.45) is 1.42. The van der Waals surface area contributed by atoms with Crippen molar-refractivity contribution in [3.8, 4) is 5.75 Å². The molecule has 0 spiro atoms. The number of anilines is 2. The van der Waals surface area contributed by atoms with Crippen LogP contribution in [0.1, 0.15) is 12.8 Å². The molecule has 6 nitrogen and oxygen atoms in total. The van der Waals surface area contributed by atoms with E-state index in [0.29, 0.717) is 24.4 Å². The lowest BCUT2D eigenvalue weighted by atomic mass is 10.2. The zero-order valence-electron chi connectivity index (χ0n) is 10.8. The third-order valence-electron chi connectivity index (χ3n) is 3.01. The first kappa shape index (κ1) is 13.4. The highest BCUT2D eigenvalue weighted by molar-refractivity contribution is 5.98. The van der Waals surface area contributed by atoms with Crippen LogP contribution >= 0.6 is 0 Å². The fraction of sp³-hybridized carbons (Fsp3) is 0.385. The summed E-state index contributed by atoms with van der Waals surface area (Å²) < 4.78 is 5.29. The maximum absolute atomic E-state index is 11.7. The molecule has 19 heavy (non-hydrogen) atoms. The highest BCUT2D eigenvalue weighted by atomic mass is 16.5. The molecule has 0 unspecified atom stereocenters. The van der Waals surface area contributed by atoms with Gasteiger partial charge in [0.25, 0.3) is 0 Å². The van der Waals surface area contributed by atoms with Gasteiger partial charge in [-0.05, 0) is 18.6 Å². The lowest BCUT2D eigenvalue weighted by molar-refractivity contribution is -0.117. The normalized spacial score (nSPS) is 14.6. The van der Waals surface area contributed by atoms with Gasteiger partial charge in [0.2, 0.25) is 11.8 Å². The standard InChI is InChI=1S/C13H17N3O3/c1-19-11-7-9(15-12(17)8-14)4-5-10(11)16-6-2-3-13(16)18/h4-5,7H,2-3,6,8,14H2,1H3,(H,15,17). The molecule has 1 aliphatic heterocycles.